The molecular weight excluding hydrogens is 311 g/mol. The summed E-state index contributed by atoms with van der Waals surface area (Å²) in [6.07, 6.45) is 0. The molecule has 24 heavy (non-hydrogen) atoms. The molecule has 1 aromatic heterocycles. The zero-order valence-corrected chi connectivity index (χ0v) is 12.9. The van der Waals surface area contributed by atoms with Crippen LogP contribution in [0.1, 0.15) is 15.9 Å². The molecule has 1 amide bonds. The first-order chi connectivity index (χ1) is 11.6. The van der Waals surface area contributed by atoms with Crippen LogP contribution in [-0.4, -0.2) is 18.0 Å². The van der Waals surface area contributed by atoms with Gasteiger partial charge in [-0.3, -0.25) is 9.59 Å². The second-order valence-corrected chi connectivity index (χ2v) is 5.31. The van der Waals surface area contributed by atoms with Gasteiger partial charge in [0, 0.05) is 29.8 Å². The van der Waals surface area contributed by atoms with Crippen LogP contribution in [0.5, 0.6) is 0 Å². The summed E-state index contributed by atoms with van der Waals surface area (Å²) in [4.78, 5) is 26.6. The topological polar surface area (TPSA) is 71.2 Å². The monoisotopic (exact) mass is 326 g/mol. The van der Waals surface area contributed by atoms with Crippen molar-refractivity contribution in [3.63, 3.8) is 0 Å². The van der Waals surface area contributed by atoms with Gasteiger partial charge in [-0.1, -0.05) is 6.07 Å². The van der Waals surface area contributed by atoms with Crippen molar-refractivity contribution in [3.8, 4) is 0 Å². The number of carbonyl (C=O) groups excluding carboxylic acids is 1. The van der Waals surface area contributed by atoms with Crippen LogP contribution in [0.3, 0.4) is 0 Å². The third kappa shape index (κ3) is 3.33. The summed E-state index contributed by atoms with van der Waals surface area (Å²) in [7, 11) is 1.56. The lowest BCUT2D eigenvalue weighted by atomic mass is 10.1. The number of fused-ring (bicyclic) bond motifs is 1. The number of pyridine rings is 1. The number of rotatable bonds is 4. The van der Waals surface area contributed by atoms with Crippen molar-refractivity contribution in [2.75, 3.05) is 12.4 Å². The first-order valence-corrected chi connectivity index (χ1v) is 7.28. The molecule has 0 unspecified atom stereocenters. The molecule has 2 aromatic carbocycles. The largest absolute Gasteiger partial charge is 0.380 e. The van der Waals surface area contributed by atoms with E-state index in [0.29, 0.717) is 23.4 Å². The molecule has 0 saturated carbocycles. The maximum Gasteiger partial charge on any atom is 0.255 e. The second kappa shape index (κ2) is 6.64. The van der Waals surface area contributed by atoms with Gasteiger partial charge in [0.25, 0.3) is 5.91 Å². The number of H-pyrrole nitrogens is 1. The summed E-state index contributed by atoms with van der Waals surface area (Å²) in [5.74, 6) is -0.759. The number of aromatic nitrogens is 1. The van der Waals surface area contributed by atoms with E-state index in [1.807, 2.05) is 0 Å². The number of anilines is 1. The Morgan fingerprint density at radius 3 is 2.62 bits per heavy atom. The number of benzene rings is 2. The molecule has 1 heterocycles. The van der Waals surface area contributed by atoms with Crippen LogP contribution in [0, 0.1) is 5.82 Å². The number of methoxy groups -OCH3 is 1. The molecule has 0 atom stereocenters. The van der Waals surface area contributed by atoms with Crippen molar-refractivity contribution >= 4 is 22.5 Å². The fourth-order valence-corrected chi connectivity index (χ4v) is 2.49. The van der Waals surface area contributed by atoms with E-state index < -0.39 is 5.82 Å². The van der Waals surface area contributed by atoms with Crippen molar-refractivity contribution < 1.29 is 13.9 Å². The van der Waals surface area contributed by atoms with Gasteiger partial charge >= 0.3 is 0 Å². The number of aromatic amines is 1. The minimum atomic E-state index is -0.402. The van der Waals surface area contributed by atoms with Gasteiger partial charge in [-0.25, -0.2) is 4.39 Å². The number of amides is 1. The van der Waals surface area contributed by atoms with E-state index in [1.165, 1.54) is 30.3 Å². The predicted octanol–water partition coefficient (Wildman–Crippen LogP) is 3.07. The van der Waals surface area contributed by atoms with Crippen LogP contribution < -0.4 is 10.9 Å². The molecular formula is C18H15FN2O3. The lowest BCUT2D eigenvalue weighted by molar-refractivity contribution is 0.102. The van der Waals surface area contributed by atoms with E-state index in [4.69, 9.17) is 4.74 Å². The maximum atomic E-state index is 12.9. The zero-order chi connectivity index (χ0) is 17.1. The minimum absolute atomic E-state index is 0.239. The summed E-state index contributed by atoms with van der Waals surface area (Å²) in [5, 5.41) is 3.57. The first-order valence-electron chi connectivity index (χ1n) is 7.28. The van der Waals surface area contributed by atoms with Gasteiger partial charge in [-0.15, -0.1) is 0 Å². The molecule has 6 heteroatoms. The van der Waals surface area contributed by atoms with Crippen molar-refractivity contribution in [1.29, 1.82) is 0 Å². The lowest BCUT2D eigenvalue weighted by Crippen LogP contribution is -2.12. The van der Waals surface area contributed by atoms with E-state index in [9.17, 15) is 14.0 Å². The van der Waals surface area contributed by atoms with E-state index in [2.05, 4.69) is 10.3 Å². The van der Waals surface area contributed by atoms with Gasteiger partial charge in [0.15, 0.2) is 0 Å². The highest BCUT2D eigenvalue weighted by Crippen LogP contribution is 2.20. The van der Waals surface area contributed by atoms with Crippen molar-refractivity contribution in [2.45, 2.75) is 6.61 Å². The fraction of sp³-hybridized carbons (Fsp3) is 0.111. The molecule has 0 aliphatic heterocycles. The van der Waals surface area contributed by atoms with Crippen LogP contribution in [0.4, 0.5) is 10.1 Å². The Hall–Kier alpha value is -2.99. The predicted molar refractivity (Wildman–Crippen MR) is 89.6 cm³/mol. The molecule has 122 valence electrons. The number of halogens is 1. The van der Waals surface area contributed by atoms with E-state index in [-0.39, 0.29) is 11.5 Å². The second-order valence-electron chi connectivity index (χ2n) is 5.31. The minimum Gasteiger partial charge on any atom is -0.380 e. The Labute approximate surface area is 137 Å². The van der Waals surface area contributed by atoms with E-state index >= 15 is 0 Å². The van der Waals surface area contributed by atoms with Gasteiger partial charge in [-0.2, -0.15) is 0 Å². The van der Waals surface area contributed by atoms with E-state index in [1.54, 1.807) is 25.3 Å². The molecule has 0 radical (unpaired) electrons. The highest BCUT2D eigenvalue weighted by molar-refractivity contribution is 6.05. The fourth-order valence-electron chi connectivity index (χ4n) is 2.49. The average Bonchev–Trinajstić information content (AvgIpc) is 2.55. The third-order valence-corrected chi connectivity index (χ3v) is 3.59. The molecule has 3 rings (SSSR count). The molecule has 0 fully saturated rings. The van der Waals surface area contributed by atoms with Crippen LogP contribution in [-0.2, 0) is 11.3 Å². The number of hydrogen-bond donors (Lipinski definition) is 2. The normalized spacial score (nSPS) is 10.8. The van der Waals surface area contributed by atoms with Crippen LogP contribution in [0.2, 0.25) is 0 Å². The Morgan fingerprint density at radius 2 is 1.92 bits per heavy atom. The summed E-state index contributed by atoms with van der Waals surface area (Å²) < 4.78 is 18.0. The van der Waals surface area contributed by atoms with Crippen LogP contribution in [0.25, 0.3) is 10.9 Å². The third-order valence-electron chi connectivity index (χ3n) is 3.59. The van der Waals surface area contributed by atoms with Crippen LogP contribution in [0.15, 0.2) is 53.3 Å². The number of ether oxygens (including phenoxy) is 1. The summed E-state index contributed by atoms with van der Waals surface area (Å²) >= 11 is 0. The SMILES string of the molecule is COCc1cc(=O)[nH]c2cc(NC(=O)c3ccc(F)cc3)ccc12. The highest BCUT2D eigenvalue weighted by Gasteiger charge is 2.08. The van der Waals surface area contributed by atoms with Gasteiger partial charge in [0.05, 0.1) is 12.1 Å². The van der Waals surface area contributed by atoms with E-state index in [0.717, 1.165) is 10.9 Å². The first kappa shape index (κ1) is 15.9. The molecule has 3 aromatic rings. The molecule has 5 nitrogen and oxygen atoms in total. The Kier molecular flexibility index (Phi) is 4.39. The number of carbonyl (C=O) groups is 1. The van der Waals surface area contributed by atoms with Gasteiger partial charge < -0.3 is 15.0 Å². The van der Waals surface area contributed by atoms with Crippen molar-refractivity contribution in [1.82, 2.24) is 4.98 Å². The summed E-state index contributed by atoms with van der Waals surface area (Å²) in [6.45, 7) is 0.321. The Morgan fingerprint density at radius 1 is 1.17 bits per heavy atom. The van der Waals surface area contributed by atoms with Gasteiger partial charge in [0.2, 0.25) is 5.56 Å². The molecule has 0 aliphatic carbocycles. The maximum absolute atomic E-state index is 12.9. The molecule has 2 N–H and O–H groups in total. The standard InChI is InChI=1S/C18H15FN2O3/c1-24-10-12-8-17(22)21-16-9-14(6-7-15(12)16)20-18(23)11-2-4-13(19)5-3-11/h2-9H,10H2,1H3,(H,20,23)(H,21,22). The Bertz CT molecular complexity index is 949. The lowest BCUT2D eigenvalue weighted by Gasteiger charge is -2.09. The van der Waals surface area contributed by atoms with Crippen LogP contribution >= 0.6 is 0 Å². The molecule has 0 spiro atoms. The quantitative estimate of drug-likeness (QED) is 0.774. The highest BCUT2D eigenvalue weighted by atomic mass is 19.1. The summed E-state index contributed by atoms with van der Waals surface area (Å²) in [6, 6.07) is 12.0. The van der Waals surface area contributed by atoms with Gasteiger partial charge in [0.1, 0.15) is 5.82 Å². The zero-order valence-electron chi connectivity index (χ0n) is 12.9. The van der Waals surface area contributed by atoms with Crippen molar-refractivity contribution in [2.24, 2.45) is 0 Å². The number of nitrogens with one attached hydrogen (secondary N) is 2. The average molecular weight is 326 g/mol. The smallest absolute Gasteiger partial charge is 0.255 e. The molecule has 0 saturated heterocycles. The summed E-state index contributed by atoms with van der Waals surface area (Å²) in [5.41, 5.74) is 2.01. The molecule has 0 aliphatic rings. The van der Waals surface area contributed by atoms with Gasteiger partial charge in [-0.05, 0) is 42.0 Å². The van der Waals surface area contributed by atoms with Crippen molar-refractivity contribution in [3.05, 3.63) is 75.8 Å². The molecule has 0 bridgehead atoms. The Balaban J connectivity index is 1.92. The number of hydrogen-bond acceptors (Lipinski definition) is 3.